The van der Waals surface area contributed by atoms with Crippen LogP contribution < -0.4 is 14.4 Å². The summed E-state index contributed by atoms with van der Waals surface area (Å²) < 4.78 is 34.9. The van der Waals surface area contributed by atoms with Crippen LogP contribution in [0.2, 0.25) is 5.02 Å². The molecular formula is C27H22BrClN2O4S. The molecule has 0 atom stereocenters. The molecule has 9 heteroatoms. The lowest BCUT2D eigenvalue weighted by molar-refractivity contribution is 0.102. The Balaban J connectivity index is 1.77. The zero-order valence-corrected chi connectivity index (χ0v) is 22.3. The maximum atomic E-state index is 13.9. The maximum Gasteiger partial charge on any atom is 0.264 e. The van der Waals surface area contributed by atoms with E-state index in [0.717, 1.165) is 5.56 Å². The number of hydrogen-bond acceptors (Lipinski definition) is 4. The molecule has 0 aliphatic heterocycles. The van der Waals surface area contributed by atoms with Crippen molar-refractivity contribution in [2.24, 2.45) is 0 Å². The summed E-state index contributed by atoms with van der Waals surface area (Å²) in [6.45, 7) is 0.0314. The summed E-state index contributed by atoms with van der Waals surface area (Å²) in [5, 5.41) is 3.25. The molecule has 184 valence electrons. The first-order valence-corrected chi connectivity index (χ1v) is 13.5. The van der Waals surface area contributed by atoms with E-state index in [2.05, 4.69) is 21.2 Å². The smallest absolute Gasteiger partial charge is 0.264 e. The SMILES string of the molecule is COc1ccc(S(=O)(=O)N(Cc2ccccc2)c2ccccc2C(=O)Nc2ccc(Br)c(Cl)c2)cc1. The Hall–Kier alpha value is -3.33. The molecule has 0 aliphatic carbocycles. The molecule has 0 saturated heterocycles. The van der Waals surface area contributed by atoms with Crippen molar-refractivity contribution in [1.29, 1.82) is 0 Å². The van der Waals surface area contributed by atoms with Gasteiger partial charge in [-0.15, -0.1) is 0 Å². The lowest BCUT2D eigenvalue weighted by Gasteiger charge is -2.26. The van der Waals surface area contributed by atoms with Gasteiger partial charge in [-0.25, -0.2) is 8.42 Å². The summed E-state index contributed by atoms with van der Waals surface area (Å²) >= 11 is 9.50. The summed E-state index contributed by atoms with van der Waals surface area (Å²) in [5.41, 5.74) is 1.70. The van der Waals surface area contributed by atoms with Crippen molar-refractivity contribution in [2.75, 3.05) is 16.7 Å². The topological polar surface area (TPSA) is 75.7 Å². The molecule has 0 saturated carbocycles. The van der Waals surface area contributed by atoms with E-state index < -0.39 is 15.9 Å². The summed E-state index contributed by atoms with van der Waals surface area (Å²) in [4.78, 5) is 13.4. The molecule has 0 heterocycles. The van der Waals surface area contributed by atoms with Crippen LogP contribution in [0.15, 0.2) is 106 Å². The number of ether oxygens (including phenoxy) is 1. The first-order valence-electron chi connectivity index (χ1n) is 10.9. The molecule has 4 aromatic rings. The predicted molar refractivity (Wildman–Crippen MR) is 146 cm³/mol. The summed E-state index contributed by atoms with van der Waals surface area (Å²) in [6, 6.07) is 27.0. The fourth-order valence-corrected chi connectivity index (χ4v) is 5.48. The van der Waals surface area contributed by atoms with Gasteiger partial charge < -0.3 is 10.1 Å². The van der Waals surface area contributed by atoms with Crippen LogP contribution in [0.5, 0.6) is 5.75 Å². The molecule has 4 aromatic carbocycles. The Morgan fingerprint density at radius 2 is 1.61 bits per heavy atom. The first-order chi connectivity index (χ1) is 17.3. The highest BCUT2D eigenvalue weighted by molar-refractivity contribution is 9.10. The number of halogens is 2. The van der Waals surface area contributed by atoms with Crippen LogP contribution in [-0.2, 0) is 16.6 Å². The molecule has 0 spiro atoms. The summed E-state index contributed by atoms with van der Waals surface area (Å²) in [5.74, 6) is 0.0727. The molecule has 0 bridgehead atoms. The zero-order valence-electron chi connectivity index (χ0n) is 19.2. The standard InChI is InChI=1S/C27H22BrClN2O4S/c1-35-21-12-14-22(15-13-21)36(33,34)31(18-19-7-3-2-4-8-19)26-10-6-5-9-23(26)27(32)30-20-11-16-24(28)25(29)17-20/h2-17H,18H2,1H3,(H,30,32). The quantitative estimate of drug-likeness (QED) is 0.248. The van der Waals surface area contributed by atoms with E-state index >= 15 is 0 Å². The van der Waals surface area contributed by atoms with E-state index in [9.17, 15) is 13.2 Å². The average Bonchev–Trinajstić information content (AvgIpc) is 2.90. The van der Waals surface area contributed by atoms with Gasteiger partial charge in [-0.3, -0.25) is 9.10 Å². The van der Waals surface area contributed by atoms with Gasteiger partial charge >= 0.3 is 0 Å². The normalized spacial score (nSPS) is 11.1. The van der Waals surface area contributed by atoms with E-state index in [1.165, 1.54) is 23.5 Å². The van der Waals surface area contributed by atoms with E-state index in [0.29, 0.717) is 20.9 Å². The number of nitrogens with zero attached hydrogens (tertiary/aromatic N) is 1. The molecule has 1 amide bonds. The van der Waals surface area contributed by atoms with E-state index in [4.69, 9.17) is 16.3 Å². The number of benzene rings is 4. The van der Waals surface area contributed by atoms with Gasteiger partial charge in [0.05, 0.1) is 34.8 Å². The number of para-hydroxylation sites is 1. The highest BCUT2D eigenvalue weighted by Crippen LogP contribution is 2.31. The zero-order chi connectivity index (χ0) is 25.7. The molecule has 0 fully saturated rings. The molecule has 0 aliphatic rings. The Morgan fingerprint density at radius 1 is 0.944 bits per heavy atom. The fourth-order valence-electron chi connectivity index (χ4n) is 3.58. The van der Waals surface area contributed by atoms with Crippen LogP contribution in [0.25, 0.3) is 0 Å². The molecule has 0 aromatic heterocycles. The van der Waals surface area contributed by atoms with Crippen LogP contribution in [-0.4, -0.2) is 21.4 Å². The Kier molecular flexibility index (Phi) is 7.98. The van der Waals surface area contributed by atoms with Gasteiger partial charge in [-0.05, 0) is 76.1 Å². The van der Waals surface area contributed by atoms with Crippen molar-refractivity contribution in [3.05, 3.63) is 118 Å². The van der Waals surface area contributed by atoms with E-state index in [-0.39, 0.29) is 22.7 Å². The third-order valence-corrected chi connectivity index (χ3v) is 8.42. The second kappa shape index (κ2) is 11.2. The van der Waals surface area contributed by atoms with E-state index in [1.807, 2.05) is 30.3 Å². The molecule has 36 heavy (non-hydrogen) atoms. The van der Waals surface area contributed by atoms with Crippen LogP contribution in [0.4, 0.5) is 11.4 Å². The number of carbonyl (C=O) groups excluding carboxylic acids is 1. The minimum absolute atomic E-state index is 0.0314. The molecule has 1 N–H and O–H groups in total. The van der Waals surface area contributed by atoms with Gasteiger partial charge in [0, 0.05) is 10.2 Å². The average molecular weight is 586 g/mol. The van der Waals surface area contributed by atoms with E-state index in [1.54, 1.807) is 54.6 Å². The molecular weight excluding hydrogens is 564 g/mol. The third-order valence-electron chi connectivity index (χ3n) is 5.41. The number of hydrogen-bond donors (Lipinski definition) is 1. The summed E-state index contributed by atoms with van der Waals surface area (Å²) in [6.07, 6.45) is 0. The number of methoxy groups -OCH3 is 1. The monoisotopic (exact) mass is 584 g/mol. The summed E-state index contributed by atoms with van der Waals surface area (Å²) in [7, 11) is -2.54. The van der Waals surface area contributed by atoms with Gasteiger partial charge in [0.1, 0.15) is 5.75 Å². The van der Waals surface area contributed by atoms with Crippen LogP contribution in [0.3, 0.4) is 0 Å². The predicted octanol–water partition coefficient (Wildman–Crippen LogP) is 6.76. The van der Waals surface area contributed by atoms with Gasteiger partial charge in [0.25, 0.3) is 15.9 Å². The van der Waals surface area contributed by atoms with Crippen molar-refractivity contribution in [2.45, 2.75) is 11.4 Å². The van der Waals surface area contributed by atoms with Gasteiger partial charge in [0.2, 0.25) is 0 Å². The number of amides is 1. The highest BCUT2D eigenvalue weighted by Gasteiger charge is 2.29. The third kappa shape index (κ3) is 5.73. The van der Waals surface area contributed by atoms with Gasteiger partial charge in [-0.2, -0.15) is 0 Å². The lowest BCUT2D eigenvalue weighted by Crippen LogP contribution is -2.32. The van der Waals surface area contributed by atoms with Crippen LogP contribution >= 0.6 is 27.5 Å². The number of sulfonamides is 1. The second-order valence-electron chi connectivity index (χ2n) is 7.77. The van der Waals surface area contributed by atoms with Crippen LogP contribution in [0.1, 0.15) is 15.9 Å². The Bertz CT molecular complexity index is 1480. The van der Waals surface area contributed by atoms with Gasteiger partial charge in [0.15, 0.2) is 0 Å². The lowest BCUT2D eigenvalue weighted by atomic mass is 10.1. The molecule has 0 unspecified atom stereocenters. The number of carbonyl (C=O) groups is 1. The van der Waals surface area contributed by atoms with Crippen molar-refractivity contribution < 1.29 is 17.9 Å². The molecule has 4 rings (SSSR count). The minimum Gasteiger partial charge on any atom is -0.497 e. The maximum absolute atomic E-state index is 13.9. The number of anilines is 2. The van der Waals surface area contributed by atoms with Crippen molar-refractivity contribution >= 4 is 54.8 Å². The largest absolute Gasteiger partial charge is 0.497 e. The first kappa shape index (κ1) is 25.8. The van der Waals surface area contributed by atoms with Crippen molar-refractivity contribution in [3.63, 3.8) is 0 Å². The Labute approximate surface area is 223 Å². The highest BCUT2D eigenvalue weighted by atomic mass is 79.9. The molecule has 6 nitrogen and oxygen atoms in total. The van der Waals surface area contributed by atoms with Crippen molar-refractivity contribution in [3.8, 4) is 5.75 Å². The van der Waals surface area contributed by atoms with Crippen LogP contribution in [0, 0.1) is 0 Å². The second-order valence-corrected chi connectivity index (χ2v) is 10.9. The number of nitrogens with one attached hydrogen (secondary N) is 1. The fraction of sp³-hybridized carbons (Fsp3) is 0.0741. The number of rotatable bonds is 8. The van der Waals surface area contributed by atoms with Crippen molar-refractivity contribution in [1.82, 2.24) is 0 Å². The molecule has 0 radical (unpaired) electrons. The minimum atomic E-state index is -4.05. The van der Waals surface area contributed by atoms with Gasteiger partial charge in [-0.1, -0.05) is 54.1 Å². The Morgan fingerprint density at radius 3 is 2.28 bits per heavy atom.